The molecule has 0 saturated carbocycles. The molecule has 0 unspecified atom stereocenters. The second-order valence-corrected chi connectivity index (χ2v) is 7.19. The van der Waals surface area contributed by atoms with Crippen LogP contribution in [0, 0.1) is 17.3 Å². The molecule has 1 aromatic carbocycles. The van der Waals surface area contributed by atoms with Gasteiger partial charge in [0.2, 0.25) is 5.43 Å². The molecule has 0 aliphatic carbocycles. The Morgan fingerprint density at radius 2 is 2.11 bits per heavy atom. The number of hydrogen-bond donors (Lipinski definition) is 2. The predicted octanol–water partition coefficient (Wildman–Crippen LogP) is 3.77. The van der Waals surface area contributed by atoms with E-state index in [9.17, 15) is 4.79 Å². The summed E-state index contributed by atoms with van der Waals surface area (Å²) in [6.07, 6.45) is 0. The minimum atomic E-state index is -0.0340. The van der Waals surface area contributed by atoms with Crippen molar-refractivity contribution in [3.05, 3.63) is 45.9 Å². The van der Waals surface area contributed by atoms with Crippen LogP contribution < -0.4 is 15.6 Å². The highest BCUT2D eigenvalue weighted by Crippen LogP contribution is 2.35. The smallest absolute Gasteiger partial charge is 0.204 e. The summed E-state index contributed by atoms with van der Waals surface area (Å²) in [6.45, 7) is 4.34. The van der Waals surface area contributed by atoms with Crippen molar-refractivity contribution < 1.29 is 9.15 Å². The number of anilines is 2. The number of ether oxygens (including phenoxy) is 1. The van der Waals surface area contributed by atoms with Crippen molar-refractivity contribution in [1.82, 2.24) is 0 Å². The lowest BCUT2D eigenvalue weighted by atomic mass is 10.1. The number of fused-ring (bicyclic) bond motifs is 1. The second-order valence-electron chi connectivity index (χ2n) is 6.31. The van der Waals surface area contributed by atoms with Crippen LogP contribution in [0.15, 0.2) is 44.9 Å². The molecule has 2 N–H and O–H groups in total. The Kier molecular flexibility index (Phi) is 5.15. The number of benzene rings is 1. The third kappa shape index (κ3) is 3.65. The molecule has 1 fully saturated rings. The first kappa shape index (κ1) is 18.3. The zero-order valence-electron chi connectivity index (χ0n) is 15.4. The zero-order chi connectivity index (χ0) is 19.5. The van der Waals surface area contributed by atoms with Crippen LogP contribution in [0.25, 0.3) is 21.4 Å². The van der Waals surface area contributed by atoms with E-state index in [1.807, 2.05) is 34.5 Å². The summed E-state index contributed by atoms with van der Waals surface area (Å²) >= 11 is 1.38. The normalized spacial score (nSPS) is 13.8. The molecule has 3 aromatic rings. The average molecular weight is 393 g/mol. The molecule has 28 heavy (non-hydrogen) atoms. The van der Waals surface area contributed by atoms with Crippen molar-refractivity contribution in [2.45, 2.75) is 6.92 Å². The SMILES string of the molecule is CC#CC(=N)Nc1cccc(-c2csc3c(=O)cc(N4CCOCC4)oc23)c1. The monoisotopic (exact) mass is 393 g/mol. The van der Waals surface area contributed by atoms with Crippen LogP contribution in [0.4, 0.5) is 11.6 Å². The molecule has 7 heteroatoms. The van der Waals surface area contributed by atoms with Gasteiger partial charge in [-0.1, -0.05) is 18.1 Å². The molecule has 6 nitrogen and oxygen atoms in total. The van der Waals surface area contributed by atoms with Crippen molar-refractivity contribution in [2.24, 2.45) is 0 Å². The molecule has 3 heterocycles. The highest BCUT2D eigenvalue weighted by atomic mass is 32.1. The van der Waals surface area contributed by atoms with Crippen LogP contribution in [0.3, 0.4) is 0 Å². The maximum atomic E-state index is 12.6. The number of nitrogens with one attached hydrogen (secondary N) is 2. The van der Waals surface area contributed by atoms with Gasteiger partial charge in [-0.05, 0) is 30.5 Å². The summed E-state index contributed by atoms with van der Waals surface area (Å²) in [6, 6.07) is 9.23. The van der Waals surface area contributed by atoms with Crippen LogP contribution >= 0.6 is 11.3 Å². The lowest BCUT2D eigenvalue weighted by Gasteiger charge is -2.27. The zero-order valence-corrected chi connectivity index (χ0v) is 16.2. The summed E-state index contributed by atoms with van der Waals surface area (Å²) in [5.41, 5.74) is 3.10. The van der Waals surface area contributed by atoms with Gasteiger partial charge in [-0.2, -0.15) is 0 Å². The first-order valence-corrected chi connectivity index (χ1v) is 9.80. The molecule has 0 bridgehead atoms. The van der Waals surface area contributed by atoms with Crippen molar-refractivity contribution >= 4 is 39.0 Å². The van der Waals surface area contributed by atoms with Gasteiger partial charge in [0.1, 0.15) is 4.70 Å². The third-order valence-corrected chi connectivity index (χ3v) is 5.42. The lowest BCUT2D eigenvalue weighted by molar-refractivity contribution is 0.121. The molecule has 4 rings (SSSR count). The molecule has 1 aliphatic rings. The minimum Gasteiger partial charge on any atom is -0.439 e. The van der Waals surface area contributed by atoms with Gasteiger partial charge in [-0.25, -0.2) is 0 Å². The summed E-state index contributed by atoms with van der Waals surface area (Å²) in [7, 11) is 0. The molecule has 0 atom stereocenters. The van der Waals surface area contributed by atoms with E-state index in [0.717, 1.165) is 16.8 Å². The van der Waals surface area contributed by atoms with E-state index in [0.29, 0.717) is 42.5 Å². The molecule has 0 amide bonds. The van der Waals surface area contributed by atoms with Gasteiger partial charge < -0.3 is 19.4 Å². The van der Waals surface area contributed by atoms with E-state index in [1.165, 1.54) is 11.3 Å². The van der Waals surface area contributed by atoms with E-state index in [1.54, 1.807) is 13.0 Å². The Labute approximate surface area is 166 Å². The Hall–Kier alpha value is -3.08. The lowest BCUT2D eigenvalue weighted by Crippen LogP contribution is -2.36. The number of nitrogens with zero attached hydrogens (tertiary/aromatic N) is 1. The van der Waals surface area contributed by atoms with Crippen molar-refractivity contribution in [3.63, 3.8) is 0 Å². The van der Waals surface area contributed by atoms with Crippen LogP contribution in [0.5, 0.6) is 0 Å². The summed E-state index contributed by atoms with van der Waals surface area (Å²) < 4.78 is 12.2. The van der Waals surface area contributed by atoms with Gasteiger partial charge in [0.05, 0.1) is 13.2 Å². The first-order valence-electron chi connectivity index (χ1n) is 8.92. The number of morpholine rings is 1. The standard InChI is InChI=1S/C21H19N3O3S/c1-2-4-18(22)23-15-6-3-5-14(11-15)16-13-28-21-17(25)12-19(27-20(16)21)24-7-9-26-10-8-24/h3,5-6,11-13H,7-10H2,1H3,(H2,22,23). The van der Waals surface area contributed by atoms with E-state index in [4.69, 9.17) is 14.6 Å². The fourth-order valence-electron chi connectivity index (χ4n) is 3.13. The first-order chi connectivity index (χ1) is 13.7. The van der Waals surface area contributed by atoms with Gasteiger partial charge in [0.15, 0.2) is 17.3 Å². The van der Waals surface area contributed by atoms with Crippen molar-refractivity contribution in [1.29, 1.82) is 5.41 Å². The molecular formula is C21H19N3O3S. The Bertz CT molecular complexity index is 1150. The van der Waals surface area contributed by atoms with Gasteiger partial charge in [-0.3, -0.25) is 10.2 Å². The third-order valence-electron chi connectivity index (χ3n) is 4.45. The number of amidine groups is 1. The van der Waals surface area contributed by atoms with Crippen molar-refractivity contribution in [3.8, 4) is 23.0 Å². The second kappa shape index (κ2) is 7.89. The molecule has 0 radical (unpaired) electrons. The van der Waals surface area contributed by atoms with E-state index in [2.05, 4.69) is 17.2 Å². The summed E-state index contributed by atoms with van der Waals surface area (Å²) in [4.78, 5) is 14.6. The largest absolute Gasteiger partial charge is 0.439 e. The fourth-order valence-corrected chi connectivity index (χ4v) is 4.05. The van der Waals surface area contributed by atoms with Crippen LogP contribution in [-0.4, -0.2) is 32.1 Å². The molecule has 0 spiro atoms. The fraction of sp³-hybridized carbons (Fsp3) is 0.238. The Balaban J connectivity index is 1.74. The Morgan fingerprint density at radius 3 is 2.89 bits per heavy atom. The number of hydrogen-bond acceptors (Lipinski definition) is 6. The minimum absolute atomic E-state index is 0.0340. The van der Waals surface area contributed by atoms with Gasteiger partial charge in [-0.15, -0.1) is 11.3 Å². The quantitative estimate of drug-likeness (QED) is 0.402. The molecule has 1 aliphatic heterocycles. The molecule has 2 aromatic heterocycles. The van der Waals surface area contributed by atoms with E-state index >= 15 is 0 Å². The van der Waals surface area contributed by atoms with Gasteiger partial charge in [0.25, 0.3) is 0 Å². The average Bonchev–Trinajstić information content (AvgIpc) is 3.14. The predicted molar refractivity (Wildman–Crippen MR) is 114 cm³/mol. The highest BCUT2D eigenvalue weighted by molar-refractivity contribution is 7.17. The number of thiophene rings is 1. The van der Waals surface area contributed by atoms with E-state index in [-0.39, 0.29) is 11.3 Å². The number of rotatable bonds is 3. The van der Waals surface area contributed by atoms with Crippen LogP contribution in [-0.2, 0) is 4.74 Å². The summed E-state index contributed by atoms with van der Waals surface area (Å²) in [5.74, 6) is 6.09. The molecular weight excluding hydrogens is 374 g/mol. The maximum absolute atomic E-state index is 12.6. The topological polar surface area (TPSA) is 78.6 Å². The van der Waals surface area contributed by atoms with Crippen molar-refractivity contribution in [2.75, 3.05) is 36.5 Å². The molecule has 142 valence electrons. The maximum Gasteiger partial charge on any atom is 0.204 e. The van der Waals surface area contributed by atoms with Crippen LogP contribution in [0.1, 0.15) is 6.92 Å². The highest BCUT2D eigenvalue weighted by Gasteiger charge is 2.18. The van der Waals surface area contributed by atoms with Crippen LogP contribution in [0.2, 0.25) is 0 Å². The van der Waals surface area contributed by atoms with E-state index < -0.39 is 0 Å². The van der Waals surface area contributed by atoms with Gasteiger partial charge in [0, 0.05) is 35.8 Å². The molecule has 1 saturated heterocycles. The Morgan fingerprint density at radius 1 is 1.29 bits per heavy atom. The summed E-state index contributed by atoms with van der Waals surface area (Å²) in [5, 5.41) is 12.7. The van der Waals surface area contributed by atoms with Gasteiger partial charge >= 0.3 is 0 Å².